The van der Waals surface area contributed by atoms with Crippen LogP contribution >= 0.6 is 0 Å². The second-order valence-corrected chi connectivity index (χ2v) is 5.69. The van der Waals surface area contributed by atoms with E-state index in [1.807, 2.05) is 43.3 Å². The summed E-state index contributed by atoms with van der Waals surface area (Å²) >= 11 is 0. The lowest BCUT2D eigenvalue weighted by Crippen LogP contribution is -2.36. The summed E-state index contributed by atoms with van der Waals surface area (Å²) in [7, 11) is 0. The number of aryl methyl sites for hydroxylation is 1. The lowest BCUT2D eigenvalue weighted by Gasteiger charge is -2.23. The number of carbonyl (C=O) groups excluding carboxylic acids is 1. The van der Waals surface area contributed by atoms with Crippen molar-refractivity contribution in [2.24, 2.45) is 23.7 Å². The highest BCUT2D eigenvalue weighted by Crippen LogP contribution is 2.48. The first-order valence-corrected chi connectivity index (χ1v) is 6.85. The Labute approximate surface area is 117 Å². The molecule has 0 spiro atoms. The van der Waals surface area contributed by atoms with Crippen LogP contribution in [-0.2, 0) is 9.59 Å². The highest BCUT2D eigenvalue weighted by atomic mass is 16.4. The average molecular weight is 271 g/mol. The summed E-state index contributed by atoms with van der Waals surface area (Å²) in [5, 5.41) is 12.2. The minimum atomic E-state index is -0.870. The molecular formula is C16H17NO3. The third-order valence-corrected chi connectivity index (χ3v) is 4.37. The zero-order chi connectivity index (χ0) is 14.3. The van der Waals surface area contributed by atoms with E-state index < -0.39 is 17.8 Å². The number of fused-ring (bicyclic) bond motifs is 2. The number of aliphatic carboxylic acids is 1. The predicted octanol–water partition coefficient (Wildman–Crippen LogP) is 2.46. The molecule has 0 saturated heterocycles. The molecule has 0 heterocycles. The second kappa shape index (κ2) is 4.78. The molecule has 104 valence electrons. The number of hydrogen-bond donors (Lipinski definition) is 2. The summed E-state index contributed by atoms with van der Waals surface area (Å²) in [5.74, 6) is -2.03. The van der Waals surface area contributed by atoms with Crippen molar-refractivity contribution in [3.05, 3.63) is 42.0 Å². The Balaban J connectivity index is 1.78. The fourth-order valence-corrected chi connectivity index (χ4v) is 3.38. The number of nitrogens with one attached hydrogen (secondary N) is 1. The van der Waals surface area contributed by atoms with Crippen molar-refractivity contribution in [2.45, 2.75) is 13.3 Å². The Morgan fingerprint density at radius 2 is 1.70 bits per heavy atom. The van der Waals surface area contributed by atoms with Gasteiger partial charge in [0, 0.05) is 5.69 Å². The summed E-state index contributed by atoms with van der Waals surface area (Å²) in [5.41, 5.74) is 1.84. The van der Waals surface area contributed by atoms with E-state index in [1.165, 1.54) is 0 Å². The molecule has 1 amide bonds. The molecule has 2 aliphatic carbocycles. The highest BCUT2D eigenvalue weighted by molar-refractivity contribution is 5.96. The highest BCUT2D eigenvalue weighted by Gasteiger charge is 2.51. The zero-order valence-electron chi connectivity index (χ0n) is 11.2. The van der Waals surface area contributed by atoms with E-state index in [0.29, 0.717) is 0 Å². The number of carboxylic acids is 1. The summed E-state index contributed by atoms with van der Waals surface area (Å²) < 4.78 is 0. The van der Waals surface area contributed by atoms with E-state index >= 15 is 0 Å². The number of benzene rings is 1. The lowest BCUT2D eigenvalue weighted by atomic mass is 9.82. The Morgan fingerprint density at radius 1 is 1.10 bits per heavy atom. The van der Waals surface area contributed by atoms with Gasteiger partial charge in [0.05, 0.1) is 11.8 Å². The lowest BCUT2D eigenvalue weighted by molar-refractivity contribution is -0.146. The summed E-state index contributed by atoms with van der Waals surface area (Å²) in [6.07, 6.45) is 4.71. The molecule has 20 heavy (non-hydrogen) atoms. The summed E-state index contributed by atoms with van der Waals surface area (Å²) in [6, 6.07) is 7.52. The van der Waals surface area contributed by atoms with E-state index in [0.717, 1.165) is 17.7 Å². The molecule has 1 aromatic rings. The van der Waals surface area contributed by atoms with Crippen molar-refractivity contribution < 1.29 is 14.7 Å². The SMILES string of the molecule is Cc1ccc(NC(=O)[C@@H]2[C@@H](C(=O)O)[C@H]3C=C[C@H]2C3)cc1. The van der Waals surface area contributed by atoms with Crippen LogP contribution in [-0.4, -0.2) is 17.0 Å². The molecular weight excluding hydrogens is 254 g/mol. The molecule has 3 rings (SSSR count). The predicted molar refractivity (Wildman–Crippen MR) is 75.2 cm³/mol. The molecule has 4 atom stereocenters. The minimum absolute atomic E-state index is 0.00580. The summed E-state index contributed by atoms with van der Waals surface area (Å²) in [4.78, 5) is 23.8. The molecule has 1 fully saturated rings. The quantitative estimate of drug-likeness (QED) is 0.830. The van der Waals surface area contributed by atoms with E-state index in [9.17, 15) is 14.7 Å². The fraction of sp³-hybridized carbons (Fsp3) is 0.375. The molecule has 4 nitrogen and oxygen atoms in total. The second-order valence-electron chi connectivity index (χ2n) is 5.69. The molecule has 0 unspecified atom stereocenters. The maximum atomic E-state index is 12.4. The van der Waals surface area contributed by atoms with Crippen LogP contribution in [0.2, 0.25) is 0 Å². The van der Waals surface area contributed by atoms with Crippen LogP contribution in [0, 0.1) is 30.6 Å². The van der Waals surface area contributed by atoms with Gasteiger partial charge in [-0.1, -0.05) is 29.8 Å². The van der Waals surface area contributed by atoms with Gasteiger partial charge in [-0.2, -0.15) is 0 Å². The Kier molecular flexibility index (Phi) is 3.08. The zero-order valence-corrected chi connectivity index (χ0v) is 11.2. The number of anilines is 1. The van der Waals surface area contributed by atoms with Gasteiger partial charge in [-0.25, -0.2) is 0 Å². The van der Waals surface area contributed by atoms with Gasteiger partial charge >= 0.3 is 5.97 Å². The maximum absolute atomic E-state index is 12.4. The van der Waals surface area contributed by atoms with Gasteiger partial charge in [-0.05, 0) is 37.3 Å². The van der Waals surface area contributed by atoms with E-state index in [4.69, 9.17) is 0 Å². The van der Waals surface area contributed by atoms with Gasteiger partial charge in [0.15, 0.2) is 0 Å². The van der Waals surface area contributed by atoms with Crippen molar-refractivity contribution in [1.29, 1.82) is 0 Å². The van der Waals surface area contributed by atoms with Crippen LogP contribution in [0.5, 0.6) is 0 Å². The Hall–Kier alpha value is -2.10. The van der Waals surface area contributed by atoms with Crippen LogP contribution in [0.25, 0.3) is 0 Å². The van der Waals surface area contributed by atoms with Crippen molar-refractivity contribution in [1.82, 2.24) is 0 Å². The average Bonchev–Trinajstić information content (AvgIpc) is 3.01. The van der Waals surface area contributed by atoms with Gasteiger partial charge < -0.3 is 10.4 Å². The van der Waals surface area contributed by atoms with Crippen LogP contribution < -0.4 is 5.32 Å². The molecule has 4 heteroatoms. The Bertz CT molecular complexity index is 576. The molecule has 0 radical (unpaired) electrons. The number of amides is 1. The van der Waals surface area contributed by atoms with Gasteiger partial charge in [0.2, 0.25) is 5.91 Å². The molecule has 0 aromatic heterocycles. The summed E-state index contributed by atoms with van der Waals surface area (Å²) in [6.45, 7) is 1.98. The fourth-order valence-electron chi connectivity index (χ4n) is 3.38. The van der Waals surface area contributed by atoms with Gasteiger partial charge in [0.25, 0.3) is 0 Å². The third kappa shape index (κ3) is 2.11. The largest absolute Gasteiger partial charge is 0.481 e. The first-order chi connectivity index (χ1) is 9.56. The molecule has 1 saturated carbocycles. The molecule has 0 aliphatic heterocycles. The van der Waals surface area contributed by atoms with Crippen molar-refractivity contribution in [3.8, 4) is 0 Å². The smallest absolute Gasteiger partial charge is 0.307 e. The Morgan fingerprint density at radius 3 is 2.30 bits per heavy atom. The van der Waals surface area contributed by atoms with Gasteiger partial charge in [-0.15, -0.1) is 0 Å². The van der Waals surface area contributed by atoms with Crippen molar-refractivity contribution in [2.75, 3.05) is 5.32 Å². The van der Waals surface area contributed by atoms with E-state index in [1.54, 1.807) is 0 Å². The van der Waals surface area contributed by atoms with Crippen LogP contribution in [0.15, 0.2) is 36.4 Å². The molecule has 1 aromatic carbocycles. The van der Waals surface area contributed by atoms with Crippen LogP contribution in [0.3, 0.4) is 0 Å². The normalized spacial score (nSPS) is 30.4. The molecule has 2 N–H and O–H groups in total. The number of hydrogen-bond acceptors (Lipinski definition) is 2. The molecule has 2 aliphatic rings. The number of rotatable bonds is 3. The monoisotopic (exact) mass is 271 g/mol. The van der Waals surface area contributed by atoms with Crippen molar-refractivity contribution in [3.63, 3.8) is 0 Å². The maximum Gasteiger partial charge on any atom is 0.307 e. The first-order valence-electron chi connectivity index (χ1n) is 6.85. The van der Waals surface area contributed by atoms with Crippen LogP contribution in [0.1, 0.15) is 12.0 Å². The number of carbonyl (C=O) groups is 2. The first kappa shape index (κ1) is 12.9. The topological polar surface area (TPSA) is 66.4 Å². The van der Waals surface area contributed by atoms with Crippen LogP contribution in [0.4, 0.5) is 5.69 Å². The van der Waals surface area contributed by atoms with E-state index in [-0.39, 0.29) is 17.7 Å². The standard InChI is InChI=1S/C16H17NO3/c1-9-2-6-12(7-3-9)17-15(18)13-10-4-5-11(8-10)14(13)16(19)20/h2-7,10-11,13-14H,8H2,1H3,(H,17,18)(H,19,20)/t10-,11-,13-,14-/m0/s1. The van der Waals surface area contributed by atoms with Gasteiger partial charge in [0.1, 0.15) is 0 Å². The minimum Gasteiger partial charge on any atom is -0.481 e. The number of allylic oxidation sites excluding steroid dienone is 2. The third-order valence-electron chi connectivity index (χ3n) is 4.37. The number of carboxylic acid groups (broad SMARTS) is 1. The molecule has 2 bridgehead atoms. The van der Waals surface area contributed by atoms with Crippen molar-refractivity contribution >= 4 is 17.6 Å². The van der Waals surface area contributed by atoms with Gasteiger partial charge in [-0.3, -0.25) is 9.59 Å². The van der Waals surface area contributed by atoms with E-state index in [2.05, 4.69) is 5.32 Å².